The second kappa shape index (κ2) is 12.9. The highest BCUT2D eigenvalue weighted by Gasteiger charge is 2.13. The average molecular weight is 737 g/mol. The molecular formula is C54H32N4. The Bertz CT molecular complexity index is 3650. The van der Waals surface area contributed by atoms with E-state index in [1.807, 2.05) is 12.3 Å². The van der Waals surface area contributed by atoms with Gasteiger partial charge in [0.2, 0.25) is 0 Å². The molecule has 12 rings (SSSR count). The van der Waals surface area contributed by atoms with Crippen LogP contribution in [0.2, 0.25) is 0 Å². The Balaban J connectivity index is 0.877. The molecule has 0 spiro atoms. The van der Waals surface area contributed by atoms with Crippen molar-refractivity contribution in [2.75, 3.05) is 0 Å². The van der Waals surface area contributed by atoms with Crippen LogP contribution >= 0.6 is 0 Å². The van der Waals surface area contributed by atoms with Gasteiger partial charge in [-0.05, 0) is 98.0 Å². The first-order valence-electron chi connectivity index (χ1n) is 19.6. The van der Waals surface area contributed by atoms with E-state index in [1.54, 1.807) is 0 Å². The Morgan fingerprint density at radius 2 is 0.776 bits per heavy atom. The van der Waals surface area contributed by atoms with Crippen molar-refractivity contribution in [3.63, 3.8) is 0 Å². The SMILES string of the molecule is c1ccc2c(c1)cc(-c1ccc3ccc(-c4ccc5ccc(-c6ccc7cc(-c8ccc9ccc%10cccnc%10c9n8)ccc7c6)nc5c4)cc3n1)c1ccccc12. The predicted molar refractivity (Wildman–Crippen MR) is 242 cm³/mol. The van der Waals surface area contributed by atoms with Gasteiger partial charge in [-0.3, -0.25) is 4.98 Å². The van der Waals surface area contributed by atoms with Crippen molar-refractivity contribution in [3.8, 4) is 44.9 Å². The molecule has 268 valence electrons. The Kier molecular flexibility index (Phi) is 7.20. The summed E-state index contributed by atoms with van der Waals surface area (Å²) in [6.07, 6.45) is 1.83. The largest absolute Gasteiger partial charge is 0.254 e. The number of rotatable bonds is 4. The van der Waals surface area contributed by atoms with Crippen LogP contribution in [0.15, 0.2) is 194 Å². The quantitative estimate of drug-likeness (QED) is 0.169. The molecule has 4 heteroatoms. The Hall–Kier alpha value is -7.82. The van der Waals surface area contributed by atoms with E-state index in [0.717, 1.165) is 99.3 Å². The number of fused-ring (bicyclic) bond motifs is 9. The third kappa shape index (κ3) is 5.38. The molecular weight excluding hydrogens is 705 g/mol. The fourth-order valence-electron chi connectivity index (χ4n) is 8.62. The van der Waals surface area contributed by atoms with E-state index < -0.39 is 0 Å². The fraction of sp³-hybridized carbons (Fsp3) is 0. The zero-order chi connectivity index (χ0) is 38.2. The van der Waals surface area contributed by atoms with Crippen molar-refractivity contribution in [3.05, 3.63) is 194 Å². The lowest BCUT2D eigenvalue weighted by Crippen LogP contribution is -1.90. The van der Waals surface area contributed by atoms with E-state index >= 15 is 0 Å². The lowest BCUT2D eigenvalue weighted by atomic mass is 9.95. The summed E-state index contributed by atoms with van der Waals surface area (Å²) in [6.45, 7) is 0. The molecule has 8 aromatic carbocycles. The number of pyridine rings is 4. The van der Waals surface area contributed by atoms with E-state index in [1.165, 1.54) is 21.5 Å². The molecule has 0 aliphatic rings. The van der Waals surface area contributed by atoms with Crippen LogP contribution in [-0.4, -0.2) is 19.9 Å². The van der Waals surface area contributed by atoms with Gasteiger partial charge < -0.3 is 0 Å². The van der Waals surface area contributed by atoms with Gasteiger partial charge in [0, 0.05) is 44.4 Å². The van der Waals surface area contributed by atoms with E-state index in [-0.39, 0.29) is 0 Å². The molecule has 0 unspecified atom stereocenters. The van der Waals surface area contributed by atoms with Crippen LogP contribution in [0.5, 0.6) is 0 Å². The van der Waals surface area contributed by atoms with Crippen molar-refractivity contribution in [2.45, 2.75) is 0 Å². The Labute approximate surface area is 333 Å². The molecule has 4 aromatic heterocycles. The first-order chi connectivity index (χ1) is 28.7. The normalized spacial score (nSPS) is 11.8. The number of nitrogens with zero attached hydrogens (tertiary/aromatic N) is 4. The van der Waals surface area contributed by atoms with Crippen LogP contribution in [0.1, 0.15) is 0 Å². The molecule has 0 N–H and O–H groups in total. The maximum atomic E-state index is 5.25. The van der Waals surface area contributed by atoms with Crippen molar-refractivity contribution in [1.82, 2.24) is 19.9 Å². The second-order valence-corrected chi connectivity index (χ2v) is 15.1. The van der Waals surface area contributed by atoms with Crippen LogP contribution in [0.25, 0.3) is 121 Å². The van der Waals surface area contributed by atoms with Crippen LogP contribution in [0.4, 0.5) is 0 Å². The molecule has 4 heterocycles. The van der Waals surface area contributed by atoms with Gasteiger partial charge >= 0.3 is 0 Å². The van der Waals surface area contributed by atoms with Gasteiger partial charge in [0.05, 0.1) is 39.1 Å². The molecule has 0 saturated heterocycles. The average Bonchev–Trinajstić information content (AvgIpc) is 3.30. The number of aromatic nitrogens is 4. The van der Waals surface area contributed by atoms with Crippen molar-refractivity contribution in [2.24, 2.45) is 0 Å². The lowest BCUT2D eigenvalue weighted by Gasteiger charge is -2.12. The van der Waals surface area contributed by atoms with Gasteiger partial charge in [-0.2, -0.15) is 0 Å². The molecule has 0 amide bonds. The van der Waals surface area contributed by atoms with E-state index in [9.17, 15) is 0 Å². The summed E-state index contributed by atoms with van der Waals surface area (Å²) in [4.78, 5) is 20.2. The molecule has 4 nitrogen and oxygen atoms in total. The van der Waals surface area contributed by atoms with Gasteiger partial charge in [0.1, 0.15) is 0 Å². The fourth-order valence-corrected chi connectivity index (χ4v) is 8.62. The zero-order valence-electron chi connectivity index (χ0n) is 31.3. The third-order valence-corrected chi connectivity index (χ3v) is 11.6. The van der Waals surface area contributed by atoms with Crippen LogP contribution in [0.3, 0.4) is 0 Å². The Morgan fingerprint density at radius 3 is 1.50 bits per heavy atom. The zero-order valence-corrected chi connectivity index (χ0v) is 31.3. The number of benzene rings is 8. The van der Waals surface area contributed by atoms with Crippen molar-refractivity contribution in [1.29, 1.82) is 0 Å². The lowest BCUT2D eigenvalue weighted by molar-refractivity contribution is 1.37. The first-order valence-corrected chi connectivity index (χ1v) is 19.6. The number of hydrogen-bond acceptors (Lipinski definition) is 4. The highest BCUT2D eigenvalue weighted by molar-refractivity contribution is 6.13. The van der Waals surface area contributed by atoms with E-state index in [4.69, 9.17) is 15.0 Å². The summed E-state index contributed by atoms with van der Waals surface area (Å²) in [5.41, 5.74) is 12.2. The molecule has 12 aromatic rings. The minimum atomic E-state index is 0.925. The molecule has 0 atom stereocenters. The van der Waals surface area contributed by atoms with Gasteiger partial charge in [-0.15, -0.1) is 0 Å². The van der Waals surface area contributed by atoms with Crippen LogP contribution in [-0.2, 0) is 0 Å². The first kappa shape index (κ1) is 32.4. The highest BCUT2D eigenvalue weighted by atomic mass is 14.8. The summed E-state index contributed by atoms with van der Waals surface area (Å²) in [7, 11) is 0. The summed E-state index contributed by atoms with van der Waals surface area (Å²) in [6, 6.07) is 66.9. The minimum absolute atomic E-state index is 0.925. The smallest absolute Gasteiger partial charge is 0.0972 e. The maximum Gasteiger partial charge on any atom is 0.0972 e. The molecule has 58 heavy (non-hydrogen) atoms. The van der Waals surface area contributed by atoms with Crippen molar-refractivity contribution >= 4 is 75.9 Å². The van der Waals surface area contributed by atoms with Gasteiger partial charge in [0.25, 0.3) is 0 Å². The van der Waals surface area contributed by atoms with E-state index in [0.29, 0.717) is 0 Å². The summed E-state index contributed by atoms with van der Waals surface area (Å²) < 4.78 is 0. The summed E-state index contributed by atoms with van der Waals surface area (Å²) in [5, 5.41) is 11.6. The summed E-state index contributed by atoms with van der Waals surface area (Å²) >= 11 is 0. The van der Waals surface area contributed by atoms with Gasteiger partial charge in [-0.25, -0.2) is 15.0 Å². The monoisotopic (exact) mass is 736 g/mol. The summed E-state index contributed by atoms with van der Waals surface area (Å²) in [5.74, 6) is 0. The third-order valence-electron chi connectivity index (χ3n) is 11.6. The van der Waals surface area contributed by atoms with Crippen LogP contribution in [0, 0.1) is 0 Å². The molecule has 0 fully saturated rings. The van der Waals surface area contributed by atoms with Crippen LogP contribution < -0.4 is 0 Å². The van der Waals surface area contributed by atoms with Gasteiger partial charge in [-0.1, -0.05) is 133 Å². The molecule has 0 aliphatic heterocycles. The highest BCUT2D eigenvalue weighted by Crippen LogP contribution is 2.36. The standard InChI is InChI=1S/C54H32N4/c1-2-8-44-41(6-1)30-47(46-10-4-3-9-45(44)46)50-26-22-34-12-16-40(32-52(34)57-50)39-15-11-33-21-24-48(56-51(33)31-39)42-19-17-38-29-43(20-18-37(38)28-42)49-25-23-36-14-13-35-7-5-27-55-53(35)54(36)58-49/h1-32H. The minimum Gasteiger partial charge on any atom is -0.254 e. The maximum absolute atomic E-state index is 5.25. The second-order valence-electron chi connectivity index (χ2n) is 15.1. The predicted octanol–water partition coefficient (Wildman–Crippen LogP) is 14.0. The molecule has 0 saturated carbocycles. The topological polar surface area (TPSA) is 51.6 Å². The number of hydrogen-bond donors (Lipinski definition) is 0. The molecule has 0 bridgehead atoms. The van der Waals surface area contributed by atoms with E-state index in [2.05, 4.69) is 187 Å². The van der Waals surface area contributed by atoms with Gasteiger partial charge in [0.15, 0.2) is 0 Å². The van der Waals surface area contributed by atoms with Crippen molar-refractivity contribution < 1.29 is 0 Å². The Morgan fingerprint density at radius 1 is 0.276 bits per heavy atom. The molecule has 0 aliphatic carbocycles. The molecule has 0 radical (unpaired) electrons.